The van der Waals surface area contributed by atoms with Crippen LogP contribution in [0.1, 0.15) is 42.3 Å². The van der Waals surface area contributed by atoms with E-state index in [9.17, 15) is 13.2 Å². The van der Waals surface area contributed by atoms with Crippen molar-refractivity contribution in [1.82, 2.24) is 4.31 Å². The summed E-state index contributed by atoms with van der Waals surface area (Å²) in [6.07, 6.45) is 1.96. The topological polar surface area (TPSA) is 54.5 Å². The number of sulfonamides is 1. The second-order valence-corrected chi connectivity index (χ2v) is 9.04. The second-order valence-electron chi connectivity index (χ2n) is 7.11. The van der Waals surface area contributed by atoms with E-state index in [4.69, 9.17) is 0 Å². The van der Waals surface area contributed by atoms with Crippen LogP contribution in [0.25, 0.3) is 5.57 Å². The SMILES string of the molecule is C/C=C1\CN(S(=O)(=O)c2ccc(C)cc2)C\C1=C(/C)c1ccccc1C(C)=O. The lowest BCUT2D eigenvalue weighted by molar-refractivity contribution is 0.101. The van der Waals surface area contributed by atoms with Crippen molar-refractivity contribution >= 4 is 21.4 Å². The Labute approximate surface area is 167 Å². The number of hydrogen-bond donors (Lipinski definition) is 0. The van der Waals surface area contributed by atoms with Crippen molar-refractivity contribution in [2.45, 2.75) is 32.6 Å². The number of rotatable bonds is 4. The van der Waals surface area contributed by atoms with Crippen molar-refractivity contribution in [2.24, 2.45) is 0 Å². The van der Waals surface area contributed by atoms with E-state index in [0.717, 1.165) is 27.8 Å². The molecular weight excluding hydrogens is 370 g/mol. The van der Waals surface area contributed by atoms with Gasteiger partial charge in [-0.05, 0) is 62.1 Å². The van der Waals surface area contributed by atoms with Gasteiger partial charge in [0.25, 0.3) is 0 Å². The van der Waals surface area contributed by atoms with Crippen LogP contribution >= 0.6 is 0 Å². The highest BCUT2D eigenvalue weighted by molar-refractivity contribution is 7.89. The maximum absolute atomic E-state index is 13.1. The smallest absolute Gasteiger partial charge is 0.243 e. The molecule has 1 saturated heterocycles. The molecule has 28 heavy (non-hydrogen) atoms. The van der Waals surface area contributed by atoms with Crippen molar-refractivity contribution in [3.63, 3.8) is 0 Å². The predicted octanol–water partition coefficient (Wildman–Crippen LogP) is 4.62. The van der Waals surface area contributed by atoms with Gasteiger partial charge in [0.2, 0.25) is 10.0 Å². The standard InChI is InChI=1S/C23H25NO3S/c1-5-19-14-24(28(26,27)20-12-10-16(2)11-13-20)15-23(19)17(3)21-8-6-7-9-22(21)18(4)25/h5-13H,14-15H2,1-4H3/b19-5+,23-17-. The molecule has 0 N–H and O–H groups in total. The zero-order valence-corrected chi connectivity index (χ0v) is 17.5. The molecule has 0 aliphatic carbocycles. The third-order valence-electron chi connectivity index (χ3n) is 5.24. The molecule has 0 aromatic heterocycles. The molecular formula is C23H25NO3S. The molecule has 2 aromatic carbocycles. The van der Waals surface area contributed by atoms with E-state index in [1.165, 1.54) is 4.31 Å². The molecule has 5 heteroatoms. The maximum Gasteiger partial charge on any atom is 0.243 e. The van der Waals surface area contributed by atoms with Gasteiger partial charge in [0, 0.05) is 18.7 Å². The number of carbonyl (C=O) groups is 1. The van der Waals surface area contributed by atoms with Crippen LogP contribution in [0.5, 0.6) is 0 Å². The lowest BCUT2D eigenvalue weighted by Gasteiger charge is -2.15. The third kappa shape index (κ3) is 3.73. The van der Waals surface area contributed by atoms with Gasteiger partial charge in [0.05, 0.1) is 4.90 Å². The Morgan fingerprint density at radius 2 is 1.57 bits per heavy atom. The molecule has 0 unspecified atom stereocenters. The summed E-state index contributed by atoms with van der Waals surface area (Å²) in [4.78, 5) is 12.3. The second kappa shape index (κ2) is 7.86. The molecule has 0 spiro atoms. The highest BCUT2D eigenvalue weighted by Gasteiger charge is 2.33. The van der Waals surface area contributed by atoms with Gasteiger partial charge >= 0.3 is 0 Å². The molecule has 0 bridgehead atoms. The molecule has 0 radical (unpaired) electrons. The van der Waals surface area contributed by atoms with Crippen molar-refractivity contribution in [2.75, 3.05) is 13.1 Å². The van der Waals surface area contributed by atoms with Gasteiger partial charge in [-0.15, -0.1) is 0 Å². The fraction of sp³-hybridized carbons (Fsp3) is 0.261. The first-order valence-corrected chi connectivity index (χ1v) is 10.7. The van der Waals surface area contributed by atoms with Crippen LogP contribution in [0.4, 0.5) is 0 Å². The first-order chi connectivity index (χ1) is 13.3. The van der Waals surface area contributed by atoms with Crippen LogP contribution in [-0.2, 0) is 10.0 Å². The fourth-order valence-corrected chi connectivity index (χ4v) is 4.94. The zero-order valence-electron chi connectivity index (χ0n) is 16.7. The molecule has 1 aliphatic heterocycles. The number of Topliss-reactive ketones (excluding diaryl/α,β-unsaturated/α-hetero) is 1. The number of nitrogens with zero attached hydrogens (tertiary/aromatic N) is 1. The molecule has 1 fully saturated rings. The normalized spacial score (nSPS) is 18.5. The number of carbonyl (C=O) groups excluding carboxylic acids is 1. The van der Waals surface area contributed by atoms with Gasteiger partial charge < -0.3 is 0 Å². The molecule has 1 heterocycles. The van der Waals surface area contributed by atoms with Gasteiger partial charge in [0.1, 0.15) is 0 Å². The Balaban J connectivity index is 2.04. The van der Waals surface area contributed by atoms with E-state index < -0.39 is 10.0 Å². The Morgan fingerprint density at radius 3 is 2.14 bits per heavy atom. The fourth-order valence-electron chi connectivity index (χ4n) is 3.55. The van der Waals surface area contributed by atoms with Crippen molar-refractivity contribution in [3.8, 4) is 0 Å². The first-order valence-electron chi connectivity index (χ1n) is 9.28. The highest BCUT2D eigenvalue weighted by atomic mass is 32.2. The molecule has 2 aromatic rings. The lowest BCUT2D eigenvalue weighted by Crippen LogP contribution is -2.28. The number of hydrogen-bond acceptors (Lipinski definition) is 3. The predicted molar refractivity (Wildman–Crippen MR) is 113 cm³/mol. The van der Waals surface area contributed by atoms with Gasteiger partial charge in [-0.3, -0.25) is 4.79 Å². The van der Waals surface area contributed by atoms with Crippen LogP contribution in [0, 0.1) is 6.92 Å². The maximum atomic E-state index is 13.1. The van der Waals surface area contributed by atoms with Crippen molar-refractivity contribution in [3.05, 3.63) is 82.4 Å². The van der Waals surface area contributed by atoms with E-state index in [2.05, 4.69) is 0 Å². The summed E-state index contributed by atoms with van der Waals surface area (Å²) in [6, 6.07) is 14.4. The molecule has 0 saturated carbocycles. The quantitative estimate of drug-likeness (QED) is 0.710. The minimum Gasteiger partial charge on any atom is -0.294 e. The summed E-state index contributed by atoms with van der Waals surface area (Å²) in [5.41, 5.74) is 5.42. The number of allylic oxidation sites excluding steroid dienone is 2. The van der Waals surface area contributed by atoms with E-state index in [-0.39, 0.29) is 5.78 Å². The average Bonchev–Trinajstić information content (AvgIpc) is 3.13. The van der Waals surface area contributed by atoms with E-state index >= 15 is 0 Å². The average molecular weight is 396 g/mol. The van der Waals surface area contributed by atoms with Gasteiger partial charge in [-0.1, -0.05) is 48.0 Å². The van der Waals surface area contributed by atoms with E-state index in [1.54, 1.807) is 19.1 Å². The highest BCUT2D eigenvalue weighted by Crippen LogP contribution is 2.34. The number of aryl methyl sites for hydroxylation is 1. The van der Waals surface area contributed by atoms with Crippen LogP contribution in [0.2, 0.25) is 0 Å². The Bertz CT molecular complexity index is 1080. The van der Waals surface area contributed by atoms with E-state index in [0.29, 0.717) is 23.5 Å². The van der Waals surface area contributed by atoms with E-state index in [1.807, 2.05) is 63.2 Å². The molecule has 4 nitrogen and oxygen atoms in total. The van der Waals surface area contributed by atoms with Crippen LogP contribution in [0.15, 0.2) is 70.6 Å². The molecule has 0 amide bonds. The molecule has 1 aliphatic rings. The van der Waals surface area contributed by atoms with Crippen LogP contribution < -0.4 is 0 Å². The van der Waals surface area contributed by atoms with Gasteiger partial charge in [-0.2, -0.15) is 4.31 Å². The lowest BCUT2D eigenvalue weighted by atomic mass is 9.93. The summed E-state index contributed by atoms with van der Waals surface area (Å²) in [6.45, 7) is 8.00. The first kappa shape index (κ1) is 20.2. The molecule has 0 atom stereocenters. The Kier molecular flexibility index (Phi) is 5.68. The summed E-state index contributed by atoms with van der Waals surface area (Å²) < 4.78 is 27.7. The Hall–Kier alpha value is -2.50. The van der Waals surface area contributed by atoms with Crippen LogP contribution in [0.3, 0.4) is 0 Å². The van der Waals surface area contributed by atoms with Crippen molar-refractivity contribution < 1.29 is 13.2 Å². The summed E-state index contributed by atoms with van der Waals surface area (Å²) in [7, 11) is -3.58. The third-order valence-corrected chi connectivity index (χ3v) is 7.04. The molecule has 3 rings (SSSR count). The summed E-state index contributed by atoms with van der Waals surface area (Å²) in [5.74, 6) is -0.000270. The molecule has 146 valence electrons. The Morgan fingerprint density at radius 1 is 0.964 bits per heavy atom. The van der Waals surface area contributed by atoms with Crippen LogP contribution in [-0.4, -0.2) is 31.6 Å². The van der Waals surface area contributed by atoms with Crippen molar-refractivity contribution in [1.29, 1.82) is 0 Å². The minimum absolute atomic E-state index is 0.000270. The summed E-state index contributed by atoms with van der Waals surface area (Å²) in [5, 5.41) is 0. The van der Waals surface area contributed by atoms with Gasteiger partial charge in [-0.25, -0.2) is 8.42 Å². The zero-order chi connectivity index (χ0) is 20.5. The minimum atomic E-state index is -3.58. The largest absolute Gasteiger partial charge is 0.294 e. The summed E-state index contributed by atoms with van der Waals surface area (Å²) >= 11 is 0. The number of ketones is 1. The monoisotopic (exact) mass is 395 g/mol. The van der Waals surface area contributed by atoms with Gasteiger partial charge in [0.15, 0.2) is 5.78 Å². The number of benzene rings is 2.